The van der Waals surface area contributed by atoms with Gasteiger partial charge in [-0.25, -0.2) is 0 Å². The third kappa shape index (κ3) is 4.20. The number of carbonyl (C=O) groups is 1. The number of benzene rings is 1. The SMILES string of the molecule is CC(=O)NC1CCC(N[C@H](C)c2noc(-c3ccccc3)n2)CC1. The summed E-state index contributed by atoms with van der Waals surface area (Å²) in [5.41, 5.74) is 0.930. The fraction of sp³-hybridized carbons (Fsp3) is 0.500. The van der Waals surface area contributed by atoms with Crippen LogP contribution in [0.25, 0.3) is 11.5 Å². The van der Waals surface area contributed by atoms with Gasteiger partial charge in [0.15, 0.2) is 5.82 Å². The van der Waals surface area contributed by atoms with Crippen LogP contribution in [0.2, 0.25) is 0 Å². The summed E-state index contributed by atoms with van der Waals surface area (Å²) in [5.74, 6) is 1.28. The average Bonchev–Trinajstić information content (AvgIpc) is 3.07. The third-order valence-electron chi connectivity index (χ3n) is 4.47. The van der Waals surface area contributed by atoms with Crippen LogP contribution in [0.15, 0.2) is 34.9 Å². The van der Waals surface area contributed by atoms with Crippen LogP contribution in [-0.4, -0.2) is 28.1 Å². The van der Waals surface area contributed by atoms with E-state index in [1.807, 2.05) is 30.3 Å². The molecule has 1 aromatic heterocycles. The Bertz CT molecular complexity index is 663. The van der Waals surface area contributed by atoms with Crippen molar-refractivity contribution < 1.29 is 9.32 Å². The van der Waals surface area contributed by atoms with Crippen LogP contribution in [-0.2, 0) is 4.79 Å². The minimum atomic E-state index is 0.0357. The zero-order valence-corrected chi connectivity index (χ0v) is 14.2. The van der Waals surface area contributed by atoms with Crippen molar-refractivity contribution in [3.05, 3.63) is 36.2 Å². The van der Waals surface area contributed by atoms with E-state index in [9.17, 15) is 4.79 Å². The molecule has 3 rings (SSSR count). The Hall–Kier alpha value is -2.21. The van der Waals surface area contributed by atoms with E-state index in [0.717, 1.165) is 31.2 Å². The Morgan fingerprint density at radius 1 is 1.17 bits per heavy atom. The number of amides is 1. The van der Waals surface area contributed by atoms with E-state index in [2.05, 4.69) is 27.7 Å². The molecule has 128 valence electrons. The Kier molecular flexibility index (Phi) is 5.25. The van der Waals surface area contributed by atoms with Crippen molar-refractivity contribution >= 4 is 5.91 Å². The molecule has 0 radical (unpaired) electrons. The second-order valence-corrected chi connectivity index (χ2v) is 6.46. The molecule has 6 nitrogen and oxygen atoms in total. The molecule has 0 spiro atoms. The van der Waals surface area contributed by atoms with Crippen LogP contribution >= 0.6 is 0 Å². The predicted octanol–water partition coefficient (Wildman–Crippen LogP) is 2.83. The monoisotopic (exact) mass is 328 g/mol. The van der Waals surface area contributed by atoms with Crippen molar-refractivity contribution in [1.29, 1.82) is 0 Å². The molecule has 2 aromatic rings. The van der Waals surface area contributed by atoms with Gasteiger partial charge in [-0.2, -0.15) is 4.98 Å². The predicted molar refractivity (Wildman–Crippen MR) is 91.1 cm³/mol. The van der Waals surface area contributed by atoms with Crippen LogP contribution in [0.1, 0.15) is 51.4 Å². The first-order chi connectivity index (χ1) is 11.6. The summed E-state index contributed by atoms with van der Waals surface area (Å²) in [6, 6.07) is 10.5. The van der Waals surface area contributed by atoms with Gasteiger partial charge < -0.3 is 15.2 Å². The van der Waals surface area contributed by atoms with Crippen LogP contribution in [0.4, 0.5) is 0 Å². The molecular formula is C18H24N4O2. The molecule has 24 heavy (non-hydrogen) atoms. The summed E-state index contributed by atoms with van der Waals surface area (Å²) in [4.78, 5) is 15.6. The topological polar surface area (TPSA) is 80.0 Å². The second-order valence-electron chi connectivity index (χ2n) is 6.46. The van der Waals surface area contributed by atoms with E-state index >= 15 is 0 Å². The molecule has 0 bridgehead atoms. The summed E-state index contributed by atoms with van der Waals surface area (Å²) >= 11 is 0. The first-order valence-corrected chi connectivity index (χ1v) is 8.54. The number of rotatable bonds is 5. The Labute approximate surface area is 142 Å². The Morgan fingerprint density at radius 3 is 2.50 bits per heavy atom. The van der Waals surface area contributed by atoms with Crippen LogP contribution in [0, 0.1) is 0 Å². The molecule has 1 aliphatic carbocycles. The number of aromatic nitrogens is 2. The highest BCUT2D eigenvalue weighted by Crippen LogP contribution is 2.23. The van der Waals surface area contributed by atoms with E-state index in [0.29, 0.717) is 23.8 Å². The number of carbonyl (C=O) groups excluding carboxylic acids is 1. The van der Waals surface area contributed by atoms with Gasteiger partial charge in [-0.05, 0) is 44.7 Å². The van der Waals surface area contributed by atoms with Gasteiger partial charge in [-0.3, -0.25) is 4.79 Å². The van der Waals surface area contributed by atoms with Crippen molar-refractivity contribution in [1.82, 2.24) is 20.8 Å². The van der Waals surface area contributed by atoms with E-state index in [1.54, 1.807) is 6.92 Å². The molecule has 1 saturated carbocycles. The second kappa shape index (κ2) is 7.57. The molecular weight excluding hydrogens is 304 g/mol. The van der Waals surface area contributed by atoms with Gasteiger partial charge in [0, 0.05) is 24.6 Å². The fourth-order valence-corrected chi connectivity index (χ4v) is 3.23. The molecule has 1 atom stereocenters. The molecule has 1 aliphatic rings. The lowest BCUT2D eigenvalue weighted by atomic mass is 9.90. The molecule has 1 heterocycles. The third-order valence-corrected chi connectivity index (χ3v) is 4.47. The molecule has 0 unspecified atom stereocenters. The average molecular weight is 328 g/mol. The zero-order chi connectivity index (χ0) is 16.9. The van der Waals surface area contributed by atoms with Crippen LogP contribution in [0.3, 0.4) is 0 Å². The highest BCUT2D eigenvalue weighted by Gasteiger charge is 2.24. The largest absolute Gasteiger partial charge is 0.354 e. The van der Waals surface area contributed by atoms with Crippen molar-refractivity contribution in [2.45, 2.75) is 57.7 Å². The summed E-state index contributed by atoms with van der Waals surface area (Å²) in [7, 11) is 0. The first kappa shape index (κ1) is 16.6. The lowest BCUT2D eigenvalue weighted by molar-refractivity contribution is -0.119. The Morgan fingerprint density at radius 2 is 1.83 bits per heavy atom. The lowest BCUT2D eigenvalue weighted by Gasteiger charge is -2.30. The van der Waals surface area contributed by atoms with Gasteiger partial charge in [0.25, 0.3) is 5.89 Å². The standard InChI is InChI=1S/C18H24N4O2/c1-12(19-15-8-10-16(11-9-15)20-13(2)23)17-21-18(24-22-17)14-6-4-3-5-7-14/h3-7,12,15-16,19H,8-11H2,1-2H3,(H,20,23)/t12-,15?,16?/m1/s1. The van der Waals surface area contributed by atoms with Gasteiger partial charge in [0.05, 0.1) is 6.04 Å². The summed E-state index contributed by atoms with van der Waals surface area (Å²) in [6.45, 7) is 3.63. The van der Waals surface area contributed by atoms with E-state index in [-0.39, 0.29) is 11.9 Å². The molecule has 1 fully saturated rings. The zero-order valence-electron chi connectivity index (χ0n) is 14.2. The number of hydrogen-bond acceptors (Lipinski definition) is 5. The van der Waals surface area contributed by atoms with Gasteiger partial charge in [-0.1, -0.05) is 23.4 Å². The Balaban J connectivity index is 1.54. The number of nitrogens with one attached hydrogen (secondary N) is 2. The quantitative estimate of drug-likeness (QED) is 0.882. The smallest absolute Gasteiger partial charge is 0.257 e. The van der Waals surface area contributed by atoms with Crippen molar-refractivity contribution in [3.8, 4) is 11.5 Å². The first-order valence-electron chi connectivity index (χ1n) is 8.54. The highest BCUT2D eigenvalue weighted by atomic mass is 16.5. The fourth-order valence-electron chi connectivity index (χ4n) is 3.23. The normalized spacial score (nSPS) is 22.1. The number of hydrogen-bond donors (Lipinski definition) is 2. The van der Waals surface area contributed by atoms with Gasteiger partial charge in [-0.15, -0.1) is 0 Å². The molecule has 0 aliphatic heterocycles. The van der Waals surface area contributed by atoms with Crippen molar-refractivity contribution in [3.63, 3.8) is 0 Å². The van der Waals surface area contributed by atoms with Crippen LogP contribution < -0.4 is 10.6 Å². The highest BCUT2D eigenvalue weighted by molar-refractivity contribution is 5.73. The van der Waals surface area contributed by atoms with E-state index in [1.165, 1.54) is 0 Å². The maximum absolute atomic E-state index is 11.1. The molecule has 6 heteroatoms. The maximum atomic E-state index is 11.1. The molecule has 1 amide bonds. The van der Waals surface area contributed by atoms with E-state index in [4.69, 9.17) is 4.52 Å². The number of nitrogens with zero attached hydrogens (tertiary/aromatic N) is 2. The van der Waals surface area contributed by atoms with Crippen molar-refractivity contribution in [2.24, 2.45) is 0 Å². The molecule has 0 saturated heterocycles. The summed E-state index contributed by atoms with van der Waals surface area (Å²) < 4.78 is 5.37. The summed E-state index contributed by atoms with van der Waals surface area (Å²) in [6.07, 6.45) is 4.09. The maximum Gasteiger partial charge on any atom is 0.257 e. The van der Waals surface area contributed by atoms with Gasteiger partial charge in [0.2, 0.25) is 5.91 Å². The van der Waals surface area contributed by atoms with Gasteiger partial charge >= 0.3 is 0 Å². The van der Waals surface area contributed by atoms with Crippen LogP contribution in [0.5, 0.6) is 0 Å². The molecule has 2 N–H and O–H groups in total. The van der Waals surface area contributed by atoms with E-state index < -0.39 is 0 Å². The lowest BCUT2D eigenvalue weighted by Crippen LogP contribution is -2.42. The summed E-state index contributed by atoms with van der Waals surface area (Å²) in [5, 5.41) is 10.7. The van der Waals surface area contributed by atoms with Gasteiger partial charge in [0.1, 0.15) is 0 Å². The minimum absolute atomic E-state index is 0.0357. The minimum Gasteiger partial charge on any atom is -0.354 e. The van der Waals surface area contributed by atoms with Crippen molar-refractivity contribution in [2.75, 3.05) is 0 Å². The molecule has 1 aromatic carbocycles.